The van der Waals surface area contributed by atoms with E-state index in [0.717, 1.165) is 44.8 Å². The lowest BCUT2D eigenvalue weighted by atomic mass is 9.72. The molecule has 0 bridgehead atoms. The van der Waals surface area contributed by atoms with Crippen LogP contribution in [-0.4, -0.2) is 62.8 Å². The molecule has 1 saturated carbocycles. The number of unbranched alkanes of at least 4 members (excludes halogenated alkanes) is 5. The van der Waals surface area contributed by atoms with Crippen LogP contribution in [0.25, 0.3) is 0 Å². The Hall–Kier alpha value is -1.09. The summed E-state index contributed by atoms with van der Waals surface area (Å²) in [7, 11) is 2.21. The Morgan fingerprint density at radius 2 is 1.02 bits per heavy atom. The summed E-state index contributed by atoms with van der Waals surface area (Å²) in [4.78, 5) is 25.8. The molecule has 3 rings (SSSR count). The molecule has 0 aromatic heterocycles. The average molecular weight is 564 g/mol. The first-order valence-electron chi connectivity index (χ1n) is 15.4. The fourth-order valence-electron chi connectivity index (χ4n) is 6.55. The summed E-state index contributed by atoms with van der Waals surface area (Å²) in [6.45, 7) is 16.6. The van der Waals surface area contributed by atoms with E-state index in [1.807, 2.05) is 27.7 Å². The molecule has 2 atom stereocenters. The molecule has 2 heterocycles. The molecular weight excluding hydrogens is 510 g/mol. The van der Waals surface area contributed by atoms with E-state index in [2.05, 4.69) is 27.7 Å². The second kappa shape index (κ2) is 12.6. The summed E-state index contributed by atoms with van der Waals surface area (Å²) in [5, 5.41) is 0. The Labute approximate surface area is 243 Å². The molecule has 8 nitrogen and oxygen atoms in total. The van der Waals surface area contributed by atoms with Gasteiger partial charge in [0.2, 0.25) is 0 Å². The van der Waals surface area contributed by atoms with Crippen molar-refractivity contribution in [1.29, 1.82) is 0 Å². The summed E-state index contributed by atoms with van der Waals surface area (Å²) in [5.41, 5.74) is -2.63. The number of ether oxygens (including phenoxy) is 2. The molecule has 0 spiro atoms. The summed E-state index contributed by atoms with van der Waals surface area (Å²) >= 11 is 0. The van der Waals surface area contributed by atoms with Gasteiger partial charge in [-0.3, -0.25) is 9.59 Å². The third kappa shape index (κ3) is 7.09. The van der Waals surface area contributed by atoms with Crippen molar-refractivity contribution < 1.29 is 37.7 Å². The van der Waals surface area contributed by atoms with Gasteiger partial charge >= 0.3 is 26.2 Å². The van der Waals surface area contributed by atoms with Crippen LogP contribution in [-0.2, 0) is 37.7 Å². The van der Waals surface area contributed by atoms with Crippen molar-refractivity contribution in [2.45, 2.75) is 148 Å². The molecule has 3 aliphatic rings. The minimum atomic E-state index is -1.25. The van der Waals surface area contributed by atoms with Gasteiger partial charge in [-0.25, -0.2) is 0 Å². The molecule has 0 aromatic carbocycles. The molecule has 228 valence electrons. The SMILES string of the molecule is COC(=O)C1(C(=O)OC)C[C@H](CCCCCCCCB2OC(C)(C)C(C)(C)O2)[C@@H](CB2OC(C)(C)C(C)(C)O2)C1. The van der Waals surface area contributed by atoms with Crippen LogP contribution in [0, 0.1) is 17.3 Å². The van der Waals surface area contributed by atoms with Gasteiger partial charge in [-0.2, -0.15) is 0 Å². The molecular formula is C30H54B2O8. The highest BCUT2D eigenvalue weighted by Crippen LogP contribution is 2.52. The Morgan fingerprint density at radius 3 is 1.50 bits per heavy atom. The minimum Gasteiger partial charge on any atom is -0.468 e. The first-order chi connectivity index (χ1) is 18.5. The predicted molar refractivity (Wildman–Crippen MR) is 157 cm³/mol. The highest BCUT2D eigenvalue weighted by atomic mass is 16.7. The van der Waals surface area contributed by atoms with Gasteiger partial charge in [-0.15, -0.1) is 0 Å². The standard InChI is InChI=1S/C30H54B2O8/c1-26(2)27(3,4)38-31(37-26)18-16-14-12-11-13-15-17-22-19-30(24(33)35-9,25(34)36-10)20-23(22)21-32-39-28(5,6)29(7,8)40-32/h22-23H,11-21H2,1-10H3/t22-,23+/m0/s1. The van der Waals surface area contributed by atoms with Crippen LogP contribution in [0.1, 0.15) is 113 Å². The van der Waals surface area contributed by atoms with Gasteiger partial charge in [-0.1, -0.05) is 44.9 Å². The molecule has 0 amide bonds. The summed E-state index contributed by atoms with van der Waals surface area (Å²) in [5.74, 6) is -0.695. The topological polar surface area (TPSA) is 89.5 Å². The zero-order valence-corrected chi connectivity index (χ0v) is 26.9. The van der Waals surface area contributed by atoms with Gasteiger partial charge in [0.1, 0.15) is 0 Å². The van der Waals surface area contributed by atoms with Crippen LogP contribution in [0.3, 0.4) is 0 Å². The number of carbonyl (C=O) groups is 2. The van der Waals surface area contributed by atoms with Crippen molar-refractivity contribution in [3.8, 4) is 0 Å². The number of methoxy groups -OCH3 is 2. The van der Waals surface area contributed by atoms with E-state index < -0.39 is 28.6 Å². The van der Waals surface area contributed by atoms with Crippen LogP contribution >= 0.6 is 0 Å². The molecule has 2 aliphatic heterocycles. The van der Waals surface area contributed by atoms with E-state index >= 15 is 0 Å². The summed E-state index contributed by atoms with van der Waals surface area (Å²) in [6, 6.07) is 0. The van der Waals surface area contributed by atoms with Crippen molar-refractivity contribution in [1.82, 2.24) is 0 Å². The normalized spacial score (nSPS) is 27.6. The maximum Gasteiger partial charge on any atom is 0.458 e. The summed E-state index contributed by atoms with van der Waals surface area (Å²) < 4.78 is 35.0. The fourth-order valence-corrected chi connectivity index (χ4v) is 6.55. The quantitative estimate of drug-likeness (QED) is 0.112. The predicted octanol–water partition coefficient (Wildman–Crippen LogP) is 6.26. The minimum absolute atomic E-state index is 0.104. The van der Waals surface area contributed by atoms with E-state index in [1.165, 1.54) is 20.6 Å². The zero-order chi connectivity index (χ0) is 30.0. The Morgan fingerprint density at radius 1 is 0.625 bits per heavy atom. The Bertz CT molecular complexity index is 839. The van der Waals surface area contributed by atoms with E-state index in [9.17, 15) is 9.59 Å². The van der Waals surface area contributed by atoms with Gasteiger partial charge in [0.05, 0.1) is 36.6 Å². The Balaban J connectivity index is 1.49. The van der Waals surface area contributed by atoms with E-state index in [-0.39, 0.29) is 37.3 Å². The number of hydrogen-bond donors (Lipinski definition) is 0. The average Bonchev–Trinajstić information content (AvgIpc) is 3.39. The van der Waals surface area contributed by atoms with Crippen LogP contribution in [0.5, 0.6) is 0 Å². The van der Waals surface area contributed by atoms with Gasteiger partial charge in [-0.05, 0) is 92.7 Å². The number of hydrogen-bond acceptors (Lipinski definition) is 8. The van der Waals surface area contributed by atoms with Crippen molar-refractivity contribution >= 4 is 26.2 Å². The molecule has 0 N–H and O–H groups in total. The highest BCUT2D eigenvalue weighted by Gasteiger charge is 2.59. The third-order valence-corrected chi connectivity index (χ3v) is 10.4. The van der Waals surface area contributed by atoms with Crippen molar-refractivity contribution in [3.63, 3.8) is 0 Å². The smallest absolute Gasteiger partial charge is 0.458 e. The molecule has 0 radical (unpaired) electrons. The number of rotatable bonds is 13. The van der Waals surface area contributed by atoms with E-state index in [4.69, 9.17) is 28.1 Å². The number of esters is 2. The third-order valence-electron chi connectivity index (χ3n) is 10.4. The molecule has 3 fully saturated rings. The second-order valence-electron chi connectivity index (χ2n) is 14.3. The van der Waals surface area contributed by atoms with Gasteiger partial charge < -0.3 is 28.1 Å². The van der Waals surface area contributed by atoms with Gasteiger partial charge in [0.15, 0.2) is 5.41 Å². The molecule has 10 heteroatoms. The van der Waals surface area contributed by atoms with Crippen molar-refractivity contribution in [2.75, 3.05) is 14.2 Å². The van der Waals surface area contributed by atoms with Crippen LogP contribution < -0.4 is 0 Å². The van der Waals surface area contributed by atoms with Crippen molar-refractivity contribution in [2.24, 2.45) is 17.3 Å². The first-order valence-corrected chi connectivity index (χ1v) is 15.4. The van der Waals surface area contributed by atoms with Gasteiger partial charge in [0, 0.05) is 0 Å². The first kappa shape index (κ1) is 33.4. The van der Waals surface area contributed by atoms with Crippen LogP contribution in [0.2, 0.25) is 12.6 Å². The maximum absolute atomic E-state index is 12.9. The van der Waals surface area contributed by atoms with E-state index in [0.29, 0.717) is 19.2 Å². The zero-order valence-electron chi connectivity index (χ0n) is 26.9. The van der Waals surface area contributed by atoms with Crippen LogP contribution in [0.4, 0.5) is 0 Å². The monoisotopic (exact) mass is 564 g/mol. The molecule has 0 aromatic rings. The van der Waals surface area contributed by atoms with Gasteiger partial charge in [0.25, 0.3) is 0 Å². The lowest BCUT2D eigenvalue weighted by molar-refractivity contribution is -0.169. The molecule has 1 aliphatic carbocycles. The lowest BCUT2D eigenvalue weighted by Gasteiger charge is -2.32. The summed E-state index contributed by atoms with van der Waals surface area (Å²) in [6.07, 6.45) is 10.2. The van der Waals surface area contributed by atoms with Crippen molar-refractivity contribution in [3.05, 3.63) is 0 Å². The highest BCUT2D eigenvalue weighted by molar-refractivity contribution is 6.45. The second-order valence-corrected chi connectivity index (χ2v) is 14.3. The van der Waals surface area contributed by atoms with E-state index in [1.54, 1.807) is 0 Å². The maximum atomic E-state index is 12.9. The number of carbonyl (C=O) groups excluding carboxylic acids is 2. The lowest BCUT2D eigenvalue weighted by Crippen LogP contribution is -2.41. The molecule has 0 unspecified atom stereocenters. The molecule has 2 saturated heterocycles. The largest absolute Gasteiger partial charge is 0.468 e. The van der Waals surface area contributed by atoms with Crippen LogP contribution in [0.15, 0.2) is 0 Å². The fraction of sp³-hybridized carbons (Fsp3) is 0.933. The molecule has 40 heavy (non-hydrogen) atoms. The Kier molecular flexibility index (Phi) is 10.6.